The molecule has 0 unspecified atom stereocenters. The summed E-state index contributed by atoms with van der Waals surface area (Å²) in [6, 6.07) is 0. The monoisotopic (exact) mass is 209 g/mol. The van der Waals surface area contributed by atoms with E-state index in [1.165, 1.54) is 0 Å². The summed E-state index contributed by atoms with van der Waals surface area (Å²) in [5.41, 5.74) is 6.47. The van der Waals surface area contributed by atoms with E-state index in [0.29, 0.717) is 19.0 Å². The van der Waals surface area contributed by atoms with Crippen LogP contribution < -0.4 is 10.5 Å². The van der Waals surface area contributed by atoms with Crippen molar-refractivity contribution in [3.63, 3.8) is 0 Å². The van der Waals surface area contributed by atoms with Gasteiger partial charge in [0.25, 0.3) is 0 Å². The van der Waals surface area contributed by atoms with Crippen molar-refractivity contribution in [2.24, 2.45) is 11.1 Å². The van der Waals surface area contributed by atoms with Crippen molar-refractivity contribution in [3.8, 4) is 5.88 Å². The van der Waals surface area contributed by atoms with E-state index in [0.717, 1.165) is 12.1 Å². The summed E-state index contributed by atoms with van der Waals surface area (Å²) in [6.45, 7) is 7.62. The van der Waals surface area contributed by atoms with Gasteiger partial charge in [-0.2, -0.15) is 0 Å². The number of nitrogens with zero attached hydrogens (tertiary/aromatic N) is 2. The lowest BCUT2D eigenvalue weighted by atomic mass is 9.93. The maximum Gasteiger partial charge on any atom is 0.232 e. The van der Waals surface area contributed by atoms with Crippen molar-refractivity contribution in [2.45, 2.75) is 33.7 Å². The van der Waals surface area contributed by atoms with Crippen molar-refractivity contribution >= 4 is 0 Å². The summed E-state index contributed by atoms with van der Waals surface area (Å²) < 4.78 is 5.47. The van der Waals surface area contributed by atoms with E-state index >= 15 is 0 Å². The van der Waals surface area contributed by atoms with Crippen LogP contribution in [-0.2, 0) is 6.54 Å². The van der Waals surface area contributed by atoms with Crippen molar-refractivity contribution in [2.75, 3.05) is 6.61 Å². The second-order valence-corrected chi connectivity index (χ2v) is 4.71. The molecule has 0 aliphatic rings. The third-order valence-corrected chi connectivity index (χ3v) is 1.99. The summed E-state index contributed by atoms with van der Waals surface area (Å²) >= 11 is 0. The molecule has 0 radical (unpaired) electrons. The average Bonchev–Trinajstić information content (AvgIpc) is 2.17. The molecule has 0 atom stereocenters. The van der Waals surface area contributed by atoms with E-state index in [4.69, 9.17) is 10.5 Å². The predicted molar refractivity (Wildman–Crippen MR) is 59.5 cm³/mol. The van der Waals surface area contributed by atoms with Crippen molar-refractivity contribution in [1.82, 2.24) is 9.97 Å². The van der Waals surface area contributed by atoms with Gasteiger partial charge < -0.3 is 10.5 Å². The van der Waals surface area contributed by atoms with Crippen LogP contribution in [0.2, 0.25) is 0 Å². The van der Waals surface area contributed by atoms with Crippen LogP contribution in [0, 0.1) is 5.41 Å². The molecule has 4 heteroatoms. The Balaban J connectivity index is 2.38. The Labute approximate surface area is 90.9 Å². The third kappa shape index (κ3) is 4.74. The maximum atomic E-state index is 5.47. The molecule has 15 heavy (non-hydrogen) atoms. The zero-order valence-electron chi connectivity index (χ0n) is 9.66. The second kappa shape index (κ2) is 5.07. The first-order valence-electron chi connectivity index (χ1n) is 5.15. The minimum absolute atomic E-state index is 0.282. The highest BCUT2D eigenvalue weighted by atomic mass is 16.5. The van der Waals surface area contributed by atoms with Crippen LogP contribution in [0.3, 0.4) is 0 Å². The van der Waals surface area contributed by atoms with Gasteiger partial charge >= 0.3 is 0 Å². The molecular formula is C11H19N3O. The standard InChI is InChI=1S/C11H19N3O/c1-11(2,3)4-5-15-10-8-13-9(6-12)7-14-10/h7-8H,4-6,12H2,1-3H3. The van der Waals surface area contributed by atoms with Gasteiger partial charge in [-0.15, -0.1) is 0 Å². The summed E-state index contributed by atoms with van der Waals surface area (Å²) in [5.74, 6) is 0.566. The molecule has 1 rings (SSSR count). The van der Waals surface area contributed by atoms with Gasteiger partial charge in [-0.3, -0.25) is 4.98 Å². The van der Waals surface area contributed by atoms with E-state index in [9.17, 15) is 0 Å². The fourth-order valence-electron chi connectivity index (χ4n) is 0.985. The van der Waals surface area contributed by atoms with Crippen LogP contribution >= 0.6 is 0 Å². The summed E-state index contributed by atoms with van der Waals surface area (Å²) in [7, 11) is 0. The first kappa shape index (κ1) is 11.9. The van der Waals surface area contributed by atoms with E-state index in [1.807, 2.05) is 0 Å². The summed E-state index contributed by atoms with van der Waals surface area (Å²) in [4.78, 5) is 8.20. The number of aromatic nitrogens is 2. The first-order chi connectivity index (χ1) is 7.01. The molecule has 0 aliphatic carbocycles. The minimum Gasteiger partial charge on any atom is -0.477 e. The van der Waals surface area contributed by atoms with Gasteiger partial charge in [-0.05, 0) is 11.8 Å². The lowest BCUT2D eigenvalue weighted by Gasteiger charge is -2.17. The number of rotatable bonds is 4. The Kier molecular flexibility index (Phi) is 4.03. The Morgan fingerprint density at radius 3 is 2.47 bits per heavy atom. The fraction of sp³-hybridized carbons (Fsp3) is 0.636. The molecule has 0 amide bonds. The van der Waals surface area contributed by atoms with E-state index in [-0.39, 0.29) is 5.41 Å². The number of ether oxygens (including phenoxy) is 1. The third-order valence-electron chi connectivity index (χ3n) is 1.99. The molecule has 0 saturated heterocycles. The van der Waals surface area contributed by atoms with Crippen LogP contribution in [0.15, 0.2) is 12.4 Å². The van der Waals surface area contributed by atoms with Crippen molar-refractivity contribution < 1.29 is 4.74 Å². The zero-order chi connectivity index (χ0) is 11.3. The van der Waals surface area contributed by atoms with Crippen LogP contribution in [0.1, 0.15) is 32.9 Å². The summed E-state index contributed by atoms with van der Waals surface area (Å²) in [6.07, 6.45) is 4.25. The van der Waals surface area contributed by atoms with Gasteiger partial charge in [0.15, 0.2) is 0 Å². The van der Waals surface area contributed by atoms with Crippen LogP contribution in [0.4, 0.5) is 0 Å². The molecule has 84 valence electrons. The van der Waals surface area contributed by atoms with Crippen LogP contribution in [-0.4, -0.2) is 16.6 Å². The molecule has 1 aromatic heterocycles. The molecular weight excluding hydrogens is 190 g/mol. The molecule has 2 N–H and O–H groups in total. The van der Waals surface area contributed by atoms with Gasteiger partial charge in [-0.1, -0.05) is 20.8 Å². The normalized spacial score (nSPS) is 11.5. The highest BCUT2D eigenvalue weighted by molar-refractivity contribution is 5.06. The minimum atomic E-state index is 0.282. The average molecular weight is 209 g/mol. The maximum absolute atomic E-state index is 5.47. The van der Waals surface area contributed by atoms with Crippen LogP contribution in [0.5, 0.6) is 5.88 Å². The molecule has 0 bridgehead atoms. The van der Waals surface area contributed by atoms with E-state index in [1.54, 1.807) is 12.4 Å². The Bertz CT molecular complexity index is 290. The van der Waals surface area contributed by atoms with E-state index in [2.05, 4.69) is 30.7 Å². The van der Waals surface area contributed by atoms with Crippen LogP contribution in [0.25, 0.3) is 0 Å². The summed E-state index contributed by atoms with van der Waals surface area (Å²) in [5, 5.41) is 0. The number of hydrogen-bond acceptors (Lipinski definition) is 4. The highest BCUT2D eigenvalue weighted by Gasteiger charge is 2.10. The highest BCUT2D eigenvalue weighted by Crippen LogP contribution is 2.18. The second-order valence-electron chi connectivity index (χ2n) is 4.71. The predicted octanol–water partition coefficient (Wildman–Crippen LogP) is 1.75. The van der Waals surface area contributed by atoms with Gasteiger partial charge in [0, 0.05) is 6.54 Å². The lowest BCUT2D eigenvalue weighted by molar-refractivity contribution is 0.235. The Morgan fingerprint density at radius 2 is 2.00 bits per heavy atom. The van der Waals surface area contributed by atoms with Gasteiger partial charge in [-0.25, -0.2) is 4.98 Å². The molecule has 1 heterocycles. The molecule has 0 aromatic carbocycles. The SMILES string of the molecule is CC(C)(C)CCOc1cnc(CN)cn1. The number of hydrogen-bond donors (Lipinski definition) is 1. The van der Waals surface area contributed by atoms with Crippen molar-refractivity contribution in [1.29, 1.82) is 0 Å². The molecule has 0 saturated carbocycles. The van der Waals surface area contributed by atoms with Gasteiger partial charge in [0.05, 0.1) is 24.7 Å². The molecule has 0 fully saturated rings. The van der Waals surface area contributed by atoms with E-state index < -0.39 is 0 Å². The Morgan fingerprint density at radius 1 is 1.27 bits per heavy atom. The Hall–Kier alpha value is -1.16. The fourth-order valence-corrected chi connectivity index (χ4v) is 0.985. The molecule has 1 aromatic rings. The van der Waals surface area contributed by atoms with Crippen molar-refractivity contribution in [3.05, 3.63) is 18.1 Å². The van der Waals surface area contributed by atoms with Gasteiger partial charge in [0.1, 0.15) is 0 Å². The molecule has 0 spiro atoms. The largest absolute Gasteiger partial charge is 0.477 e. The quantitative estimate of drug-likeness (QED) is 0.820. The zero-order valence-corrected chi connectivity index (χ0v) is 9.66. The smallest absolute Gasteiger partial charge is 0.232 e. The lowest BCUT2D eigenvalue weighted by Crippen LogP contribution is -2.11. The molecule has 0 aliphatic heterocycles. The molecule has 4 nitrogen and oxygen atoms in total. The first-order valence-corrected chi connectivity index (χ1v) is 5.15. The topological polar surface area (TPSA) is 61.0 Å². The van der Waals surface area contributed by atoms with Gasteiger partial charge in [0.2, 0.25) is 5.88 Å². The number of nitrogens with two attached hydrogens (primary N) is 1.